The van der Waals surface area contributed by atoms with E-state index in [4.69, 9.17) is 0 Å². The Hall–Kier alpha value is -3.21. The highest BCUT2D eigenvalue weighted by Crippen LogP contribution is 2.27. The number of nitrogens with one attached hydrogen (secondary N) is 1. The second-order valence-electron chi connectivity index (χ2n) is 4.93. The van der Waals surface area contributed by atoms with Crippen molar-refractivity contribution < 1.29 is 14.3 Å². The molecule has 23 heavy (non-hydrogen) atoms. The Morgan fingerprint density at radius 2 is 1.78 bits per heavy atom. The van der Waals surface area contributed by atoms with Crippen molar-refractivity contribution in [2.45, 2.75) is 0 Å². The Morgan fingerprint density at radius 3 is 2.57 bits per heavy atom. The van der Waals surface area contributed by atoms with Crippen LogP contribution in [0.15, 0.2) is 65.8 Å². The number of phenolic OH excluding ortho intramolecular Hbond substituents is 1. The zero-order valence-corrected chi connectivity index (χ0v) is 12.0. The summed E-state index contributed by atoms with van der Waals surface area (Å²) in [7, 11) is 0. The number of carbonyl (C=O) groups excluding carboxylic acids is 1. The lowest BCUT2D eigenvalue weighted by Crippen LogP contribution is -2.17. The molecule has 2 N–H and O–H groups in total. The number of halogens is 1. The smallest absolute Gasteiger partial charge is 0.271 e. The summed E-state index contributed by atoms with van der Waals surface area (Å²) in [4.78, 5) is 11.8. The number of rotatable bonds is 3. The molecular formula is C18H13FN2O2. The minimum absolute atomic E-state index is 0.0999. The van der Waals surface area contributed by atoms with Gasteiger partial charge in [-0.05, 0) is 35.7 Å². The van der Waals surface area contributed by atoms with Gasteiger partial charge in [-0.3, -0.25) is 4.79 Å². The highest BCUT2D eigenvalue weighted by molar-refractivity contribution is 5.98. The van der Waals surface area contributed by atoms with Crippen LogP contribution in [0.25, 0.3) is 10.8 Å². The summed E-state index contributed by atoms with van der Waals surface area (Å²) in [5.74, 6) is -0.768. The molecule has 0 aliphatic rings. The molecule has 0 fully saturated rings. The lowest BCUT2D eigenvalue weighted by atomic mass is 10.1. The molecule has 0 aliphatic heterocycles. The Morgan fingerprint density at radius 1 is 1.04 bits per heavy atom. The van der Waals surface area contributed by atoms with Crippen LogP contribution in [0, 0.1) is 5.82 Å². The first-order valence-electron chi connectivity index (χ1n) is 6.95. The molecule has 3 rings (SSSR count). The third-order valence-electron chi connectivity index (χ3n) is 3.41. The minimum Gasteiger partial charge on any atom is -0.507 e. The molecule has 0 spiro atoms. The molecule has 3 aromatic rings. The first kappa shape index (κ1) is 14.7. The number of hydrazone groups is 1. The maximum absolute atomic E-state index is 12.8. The van der Waals surface area contributed by atoms with Crippen LogP contribution in [0.2, 0.25) is 0 Å². The molecule has 0 saturated carbocycles. The molecule has 4 nitrogen and oxygen atoms in total. The largest absolute Gasteiger partial charge is 0.507 e. The fourth-order valence-electron chi connectivity index (χ4n) is 2.20. The highest BCUT2D eigenvalue weighted by Gasteiger charge is 2.05. The Labute approximate surface area is 131 Å². The quantitative estimate of drug-likeness (QED) is 0.575. The van der Waals surface area contributed by atoms with Crippen LogP contribution in [0.4, 0.5) is 4.39 Å². The summed E-state index contributed by atoms with van der Waals surface area (Å²) in [6.45, 7) is 0. The van der Waals surface area contributed by atoms with Crippen molar-refractivity contribution in [2.75, 3.05) is 0 Å². The monoisotopic (exact) mass is 308 g/mol. The van der Waals surface area contributed by atoms with E-state index < -0.39 is 11.7 Å². The third kappa shape index (κ3) is 3.18. The van der Waals surface area contributed by atoms with Gasteiger partial charge in [0.05, 0.1) is 6.21 Å². The van der Waals surface area contributed by atoms with E-state index in [1.165, 1.54) is 30.5 Å². The predicted molar refractivity (Wildman–Crippen MR) is 87.1 cm³/mol. The summed E-state index contributed by atoms with van der Waals surface area (Å²) in [6.07, 6.45) is 1.36. The molecule has 0 heterocycles. The number of hydrogen-bond donors (Lipinski definition) is 2. The van der Waals surface area contributed by atoms with Gasteiger partial charge in [0.1, 0.15) is 11.6 Å². The van der Waals surface area contributed by atoms with E-state index in [0.717, 1.165) is 5.39 Å². The van der Waals surface area contributed by atoms with Crippen LogP contribution in [0.5, 0.6) is 5.75 Å². The van der Waals surface area contributed by atoms with E-state index in [1.54, 1.807) is 12.1 Å². The van der Waals surface area contributed by atoms with Gasteiger partial charge in [0.2, 0.25) is 0 Å². The minimum atomic E-state index is -0.457. The van der Waals surface area contributed by atoms with Crippen LogP contribution in [0.1, 0.15) is 15.9 Å². The molecule has 0 radical (unpaired) electrons. The van der Waals surface area contributed by atoms with Gasteiger partial charge in [-0.1, -0.05) is 30.3 Å². The average Bonchev–Trinajstić information content (AvgIpc) is 2.57. The van der Waals surface area contributed by atoms with Crippen molar-refractivity contribution in [2.24, 2.45) is 5.10 Å². The van der Waals surface area contributed by atoms with E-state index in [9.17, 15) is 14.3 Å². The van der Waals surface area contributed by atoms with Crippen molar-refractivity contribution >= 4 is 22.9 Å². The van der Waals surface area contributed by atoms with Gasteiger partial charge in [0.15, 0.2) is 0 Å². The molecule has 0 atom stereocenters. The first-order chi connectivity index (χ1) is 11.1. The summed E-state index contributed by atoms with van der Waals surface area (Å²) in [5.41, 5.74) is 3.13. The molecule has 0 saturated heterocycles. The number of hydrogen-bond acceptors (Lipinski definition) is 3. The third-order valence-corrected chi connectivity index (χ3v) is 3.41. The molecule has 0 aliphatic carbocycles. The number of nitrogens with zero attached hydrogens (tertiary/aromatic N) is 1. The topological polar surface area (TPSA) is 61.7 Å². The molecule has 3 aromatic carbocycles. The summed E-state index contributed by atoms with van der Waals surface area (Å²) < 4.78 is 12.8. The number of phenols is 1. The van der Waals surface area contributed by atoms with Crippen LogP contribution < -0.4 is 5.43 Å². The van der Waals surface area contributed by atoms with Crippen LogP contribution >= 0.6 is 0 Å². The van der Waals surface area contributed by atoms with Gasteiger partial charge in [-0.25, -0.2) is 9.82 Å². The Kier molecular flexibility index (Phi) is 4.01. The van der Waals surface area contributed by atoms with Crippen LogP contribution in [0.3, 0.4) is 0 Å². The van der Waals surface area contributed by atoms with Gasteiger partial charge < -0.3 is 5.11 Å². The maximum Gasteiger partial charge on any atom is 0.271 e. The standard InChI is InChI=1S/C18H13FN2O2/c19-15-9-7-13(8-10-15)18(23)21-20-11-14-6-5-12-3-1-2-4-16(12)17(14)22/h1-11,22H,(H,21,23). The fourth-order valence-corrected chi connectivity index (χ4v) is 2.20. The summed E-state index contributed by atoms with van der Waals surface area (Å²) >= 11 is 0. The van der Waals surface area contributed by atoms with Gasteiger partial charge in [-0.15, -0.1) is 0 Å². The van der Waals surface area contributed by atoms with Crippen molar-refractivity contribution in [1.82, 2.24) is 5.43 Å². The Bertz CT molecular complexity index is 889. The van der Waals surface area contributed by atoms with E-state index >= 15 is 0 Å². The number of benzene rings is 3. The van der Waals surface area contributed by atoms with E-state index in [2.05, 4.69) is 10.5 Å². The number of carbonyl (C=O) groups is 1. The van der Waals surface area contributed by atoms with E-state index in [1.807, 2.05) is 24.3 Å². The molecule has 0 aromatic heterocycles. The number of fused-ring (bicyclic) bond motifs is 1. The zero-order valence-electron chi connectivity index (χ0n) is 12.0. The van der Waals surface area contributed by atoms with E-state index in [-0.39, 0.29) is 5.75 Å². The highest BCUT2D eigenvalue weighted by atomic mass is 19.1. The Balaban J connectivity index is 1.76. The number of aromatic hydroxyl groups is 1. The average molecular weight is 308 g/mol. The second-order valence-corrected chi connectivity index (χ2v) is 4.93. The summed E-state index contributed by atoms with van der Waals surface area (Å²) in [5, 5.41) is 15.7. The van der Waals surface area contributed by atoms with Crippen molar-refractivity contribution in [3.8, 4) is 5.75 Å². The predicted octanol–water partition coefficient (Wildman–Crippen LogP) is 3.45. The molecule has 5 heteroatoms. The normalized spacial score (nSPS) is 11.0. The second kappa shape index (κ2) is 6.27. The molecule has 1 amide bonds. The lowest BCUT2D eigenvalue weighted by molar-refractivity contribution is 0.0955. The van der Waals surface area contributed by atoms with Crippen molar-refractivity contribution in [1.29, 1.82) is 0 Å². The van der Waals surface area contributed by atoms with Crippen LogP contribution in [-0.2, 0) is 0 Å². The first-order valence-corrected chi connectivity index (χ1v) is 6.95. The molecule has 0 unspecified atom stereocenters. The van der Waals surface area contributed by atoms with E-state index in [0.29, 0.717) is 16.5 Å². The molecular weight excluding hydrogens is 295 g/mol. The van der Waals surface area contributed by atoms with Crippen LogP contribution in [-0.4, -0.2) is 17.2 Å². The van der Waals surface area contributed by atoms with Crippen molar-refractivity contribution in [3.63, 3.8) is 0 Å². The molecule has 0 bridgehead atoms. The molecule has 114 valence electrons. The van der Waals surface area contributed by atoms with Gasteiger partial charge >= 0.3 is 0 Å². The SMILES string of the molecule is O=C(NN=Cc1ccc2ccccc2c1O)c1ccc(F)cc1. The van der Waals surface area contributed by atoms with Gasteiger partial charge in [-0.2, -0.15) is 5.10 Å². The van der Waals surface area contributed by atoms with Gasteiger partial charge in [0.25, 0.3) is 5.91 Å². The van der Waals surface area contributed by atoms with Gasteiger partial charge in [0, 0.05) is 16.5 Å². The number of amides is 1. The van der Waals surface area contributed by atoms with Crippen molar-refractivity contribution in [3.05, 3.63) is 77.6 Å². The summed E-state index contributed by atoms with van der Waals surface area (Å²) in [6, 6.07) is 16.1. The maximum atomic E-state index is 12.8. The lowest BCUT2D eigenvalue weighted by Gasteiger charge is -2.04. The fraction of sp³-hybridized carbons (Fsp3) is 0. The zero-order chi connectivity index (χ0) is 16.2.